The molecule has 1 aliphatic heterocycles. The molecule has 0 saturated carbocycles. The van der Waals surface area contributed by atoms with E-state index in [0.717, 1.165) is 55.2 Å². The Morgan fingerprint density at radius 2 is 2.00 bits per heavy atom. The number of aromatic nitrogens is 3. The van der Waals surface area contributed by atoms with Crippen LogP contribution in [0.5, 0.6) is 0 Å². The van der Waals surface area contributed by atoms with Crippen molar-refractivity contribution in [2.45, 2.75) is 6.92 Å². The average Bonchev–Trinajstić information content (AvgIpc) is 3.30. The second kappa shape index (κ2) is 9.70. The number of amides is 1. The highest BCUT2D eigenvalue weighted by Gasteiger charge is 2.16. The molecule has 8 heteroatoms. The van der Waals surface area contributed by atoms with Gasteiger partial charge in [-0.1, -0.05) is 6.07 Å². The monoisotopic (exact) mass is 459 g/mol. The van der Waals surface area contributed by atoms with E-state index in [2.05, 4.69) is 20.3 Å². The van der Waals surface area contributed by atoms with Crippen LogP contribution in [0, 0.1) is 12.7 Å². The van der Waals surface area contributed by atoms with Crippen molar-refractivity contribution in [3.63, 3.8) is 0 Å². The number of halogens is 1. The lowest BCUT2D eigenvalue weighted by Crippen LogP contribution is -2.41. The number of benzene rings is 1. The van der Waals surface area contributed by atoms with Gasteiger partial charge in [-0.2, -0.15) is 5.10 Å². The molecule has 5 rings (SSSR count). The summed E-state index contributed by atoms with van der Waals surface area (Å²) in [5.41, 5.74) is 5.20. The number of morpholine rings is 1. The normalized spacial score (nSPS) is 14.4. The standard InChI is InChI=1S/C26H26FN5O2/c1-18-15-20(4-5-23(18)27)25-21(3-2-7-28-25)19-6-9-32-24(16-19)22(17-30-32)26(33)29-8-10-31-11-13-34-14-12-31/h2-7,9,15-17H,8,10-14H2,1H3,(H,29,33). The fourth-order valence-corrected chi connectivity index (χ4v) is 4.23. The largest absolute Gasteiger partial charge is 0.379 e. The molecule has 7 nitrogen and oxygen atoms in total. The van der Waals surface area contributed by atoms with Crippen LogP contribution >= 0.6 is 0 Å². The third kappa shape index (κ3) is 4.55. The predicted octanol–water partition coefficient (Wildman–Crippen LogP) is 3.57. The maximum absolute atomic E-state index is 13.8. The first-order chi connectivity index (χ1) is 16.6. The minimum absolute atomic E-state index is 0.152. The molecule has 0 bridgehead atoms. The lowest BCUT2D eigenvalue weighted by molar-refractivity contribution is 0.0383. The van der Waals surface area contributed by atoms with E-state index in [4.69, 9.17) is 4.74 Å². The summed E-state index contributed by atoms with van der Waals surface area (Å²) in [5.74, 6) is -0.396. The fraction of sp³-hybridized carbons (Fsp3) is 0.269. The molecule has 4 aromatic rings. The van der Waals surface area contributed by atoms with E-state index in [1.54, 1.807) is 36.0 Å². The van der Waals surface area contributed by atoms with Gasteiger partial charge in [0.25, 0.3) is 5.91 Å². The number of carbonyl (C=O) groups is 1. The van der Waals surface area contributed by atoms with Crippen molar-refractivity contribution in [1.29, 1.82) is 0 Å². The number of carbonyl (C=O) groups excluding carboxylic acids is 1. The first-order valence-electron chi connectivity index (χ1n) is 11.4. The van der Waals surface area contributed by atoms with E-state index in [0.29, 0.717) is 23.2 Å². The molecule has 4 heterocycles. The van der Waals surface area contributed by atoms with Crippen LogP contribution in [0.4, 0.5) is 4.39 Å². The Labute approximate surface area is 197 Å². The summed E-state index contributed by atoms with van der Waals surface area (Å²) in [6.45, 7) is 6.33. The van der Waals surface area contributed by atoms with Crippen LogP contribution in [0.3, 0.4) is 0 Å². The zero-order valence-corrected chi connectivity index (χ0v) is 19.0. The minimum Gasteiger partial charge on any atom is -0.379 e. The second-order valence-electron chi connectivity index (χ2n) is 8.38. The van der Waals surface area contributed by atoms with Crippen molar-refractivity contribution in [3.05, 3.63) is 78.0 Å². The summed E-state index contributed by atoms with van der Waals surface area (Å²) in [4.78, 5) is 19.8. The van der Waals surface area contributed by atoms with Crippen LogP contribution < -0.4 is 5.32 Å². The van der Waals surface area contributed by atoms with E-state index in [-0.39, 0.29) is 11.7 Å². The van der Waals surface area contributed by atoms with Gasteiger partial charge in [0.15, 0.2) is 0 Å². The van der Waals surface area contributed by atoms with Gasteiger partial charge in [-0.3, -0.25) is 14.7 Å². The summed E-state index contributed by atoms with van der Waals surface area (Å²) in [7, 11) is 0. The van der Waals surface area contributed by atoms with E-state index in [1.807, 2.05) is 30.5 Å². The molecule has 3 aromatic heterocycles. The lowest BCUT2D eigenvalue weighted by atomic mass is 9.98. The number of hydrogen-bond acceptors (Lipinski definition) is 5. The number of nitrogens with one attached hydrogen (secondary N) is 1. The van der Waals surface area contributed by atoms with Crippen molar-refractivity contribution in [1.82, 2.24) is 24.8 Å². The van der Waals surface area contributed by atoms with Crippen molar-refractivity contribution >= 4 is 11.4 Å². The van der Waals surface area contributed by atoms with E-state index >= 15 is 0 Å². The summed E-state index contributed by atoms with van der Waals surface area (Å²) in [5, 5.41) is 7.36. The van der Waals surface area contributed by atoms with Gasteiger partial charge in [-0.25, -0.2) is 8.91 Å². The Bertz CT molecular complexity index is 1330. The van der Waals surface area contributed by atoms with Crippen LogP contribution in [0.2, 0.25) is 0 Å². The number of rotatable bonds is 6. The van der Waals surface area contributed by atoms with Gasteiger partial charge in [-0.05, 0) is 54.4 Å². The molecule has 0 spiro atoms. The molecular formula is C26H26FN5O2. The van der Waals surface area contributed by atoms with Crippen LogP contribution in [-0.4, -0.2) is 64.8 Å². The summed E-state index contributed by atoms with van der Waals surface area (Å²) in [6, 6.07) is 12.7. The zero-order chi connectivity index (χ0) is 23.5. The van der Waals surface area contributed by atoms with Crippen LogP contribution in [0.25, 0.3) is 27.9 Å². The van der Waals surface area contributed by atoms with Gasteiger partial charge in [0.05, 0.1) is 36.2 Å². The molecule has 1 N–H and O–H groups in total. The first kappa shape index (κ1) is 22.2. The molecule has 1 fully saturated rings. The third-order valence-corrected chi connectivity index (χ3v) is 6.13. The molecule has 1 aromatic carbocycles. The molecule has 1 amide bonds. The summed E-state index contributed by atoms with van der Waals surface area (Å²) >= 11 is 0. The summed E-state index contributed by atoms with van der Waals surface area (Å²) < 4.78 is 20.9. The van der Waals surface area contributed by atoms with Crippen molar-refractivity contribution in [2.24, 2.45) is 0 Å². The smallest absolute Gasteiger partial charge is 0.255 e. The van der Waals surface area contributed by atoms with E-state index in [9.17, 15) is 9.18 Å². The van der Waals surface area contributed by atoms with Crippen molar-refractivity contribution in [3.8, 4) is 22.4 Å². The maximum atomic E-state index is 13.8. The predicted molar refractivity (Wildman–Crippen MR) is 128 cm³/mol. The van der Waals surface area contributed by atoms with E-state index in [1.165, 1.54) is 6.07 Å². The first-order valence-corrected chi connectivity index (χ1v) is 11.4. The lowest BCUT2D eigenvalue weighted by Gasteiger charge is -2.26. The number of aryl methyl sites for hydroxylation is 1. The zero-order valence-electron chi connectivity index (χ0n) is 19.0. The van der Waals surface area contributed by atoms with Crippen molar-refractivity contribution < 1.29 is 13.9 Å². The number of fused-ring (bicyclic) bond motifs is 1. The molecule has 1 saturated heterocycles. The van der Waals surface area contributed by atoms with Crippen molar-refractivity contribution in [2.75, 3.05) is 39.4 Å². The minimum atomic E-state index is -0.244. The molecule has 0 atom stereocenters. The van der Waals surface area contributed by atoms with Gasteiger partial charge >= 0.3 is 0 Å². The van der Waals surface area contributed by atoms with Gasteiger partial charge in [0, 0.05) is 49.7 Å². The molecule has 1 aliphatic rings. The SMILES string of the molecule is Cc1cc(-c2ncccc2-c2ccn3ncc(C(=O)NCCN4CCOCC4)c3c2)ccc1F. The molecule has 0 radical (unpaired) electrons. The highest BCUT2D eigenvalue weighted by molar-refractivity contribution is 6.01. The van der Waals surface area contributed by atoms with Crippen LogP contribution in [0.15, 0.2) is 61.1 Å². The van der Waals surface area contributed by atoms with Gasteiger partial charge in [-0.15, -0.1) is 0 Å². The number of nitrogens with zero attached hydrogens (tertiary/aromatic N) is 4. The summed E-state index contributed by atoms with van der Waals surface area (Å²) in [6.07, 6.45) is 5.15. The van der Waals surface area contributed by atoms with Gasteiger partial charge in [0.2, 0.25) is 0 Å². The molecule has 174 valence electrons. The Balaban J connectivity index is 1.41. The molecular weight excluding hydrogens is 433 g/mol. The number of pyridine rings is 2. The Kier molecular flexibility index (Phi) is 6.33. The molecule has 0 unspecified atom stereocenters. The Hall–Kier alpha value is -3.62. The third-order valence-electron chi connectivity index (χ3n) is 6.13. The Morgan fingerprint density at radius 1 is 1.15 bits per heavy atom. The van der Waals surface area contributed by atoms with Gasteiger partial charge in [0.1, 0.15) is 5.82 Å². The maximum Gasteiger partial charge on any atom is 0.255 e. The van der Waals surface area contributed by atoms with Crippen LogP contribution in [0.1, 0.15) is 15.9 Å². The fourth-order valence-electron chi connectivity index (χ4n) is 4.23. The quantitative estimate of drug-likeness (QED) is 0.477. The highest BCUT2D eigenvalue weighted by atomic mass is 19.1. The molecule has 34 heavy (non-hydrogen) atoms. The molecule has 0 aliphatic carbocycles. The Morgan fingerprint density at radius 3 is 2.82 bits per heavy atom. The van der Waals surface area contributed by atoms with Crippen LogP contribution in [-0.2, 0) is 4.74 Å². The van der Waals surface area contributed by atoms with E-state index < -0.39 is 0 Å². The topological polar surface area (TPSA) is 71.8 Å². The average molecular weight is 460 g/mol. The van der Waals surface area contributed by atoms with Gasteiger partial charge < -0.3 is 10.1 Å². The number of hydrogen-bond donors (Lipinski definition) is 1. The highest BCUT2D eigenvalue weighted by Crippen LogP contribution is 2.32. The number of ether oxygens (including phenoxy) is 1. The second-order valence-corrected chi connectivity index (χ2v) is 8.38.